The second-order valence-corrected chi connectivity index (χ2v) is 6.64. The number of nitriles is 1. The normalized spacial score (nSPS) is 11.1. The Hall–Kier alpha value is -4.25. The molecular formula is C22H19N7O. The van der Waals surface area contributed by atoms with Gasteiger partial charge in [-0.3, -0.25) is 13.9 Å². The molecule has 3 heterocycles. The fraction of sp³-hybridized carbons (Fsp3) is 0.136. The van der Waals surface area contributed by atoms with Crippen LogP contribution in [0.15, 0.2) is 66.0 Å². The predicted molar refractivity (Wildman–Crippen MR) is 113 cm³/mol. The number of imidazole rings is 1. The Kier molecular flexibility index (Phi) is 5.35. The van der Waals surface area contributed by atoms with E-state index in [1.165, 1.54) is 0 Å². The molecule has 0 spiro atoms. The first kappa shape index (κ1) is 19.1. The van der Waals surface area contributed by atoms with Gasteiger partial charge in [-0.25, -0.2) is 10.4 Å². The molecule has 30 heavy (non-hydrogen) atoms. The molecule has 1 N–H and O–H groups in total. The van der Waals surface area contributed by atoms with E-state index in [1.807, 2.05) is 54.7 Å². The number of hydrogen-bond acceptors (Lipinski definition) is 5. The number of fused-ring (bicyclic) bond motifs is 1. The van der Waals surface area contributed by atoms with E-state index in [-0.39, 0.29) is 5.91 Å². The van der Waals surface area contributed by atoms with Crippen LogP contribution < -0.4 is 5.43 Å². The largest absolute Gasteiger partial charge is 0.295 e. The molecule has 0 saturated heterocycles. The number of carbonyl (C=O) groups excluding carboxylic acids is 1. The Labute approximate surface area is 173 Å². The van der Waals surface area contributed by atoms with Crippen molar-refractivity contribution in [2.45, 2.75) is 19.9 Å². The van der Waals surface area contributed by atoms with Gasteiger partial charge in [0, 0.05) is 23.5 Å². The quantitative estimate of drug-likeness (QED) is 0.399. The van der Waals surface area contributed by atoms with Crippen molar-refractivity contribution >= 4 is 17.8 Å². The average Bonchev–Trinajstić information content (AvgIpc) is 3.32. The number of rotatable bonds is 6. The highest BCUT2D eigenvalue weighted by molar-refractivity contribution is 5.96. The molecule has 0 fully saturated rings. The van der Waals surface area contributed by atoms with E-state index in [0.29, 0.717) is 30.0 Å². The third kappa shape index (κ3) is 3.82. The van der Waals surface area contributed by atoms with E-state index >= 15 is 0 Å². The molecule has 1 aromatic carbocycles. The van der Waals surface area contributed by atoms with Crippen molar-refractivity contribution in [3.63, 3.8) is 0 Å². The van der Waals surface area contributed by atoms with Crippen LogP contribution in [-0.2, 0) is 6.54 Å². The first-order valence-corrected chi connectivity index (χ1v) is 9.44. The van der Waals surface area contributed by atoms with Crippen LogP contribution in [0.2, 0.25) is 0 Å². The highest BCUT2D eigenvalue weighted by Gasteiger charge is 2.16. The first-order chi connectivity index (χ1) is 14.7. The Morgan fingerprint density at radius 2 is 2.03 bits per heavy atom. The SMILES string of the molecule is Cc1nc2ccccn2c1C(=O)N/N=C\c1cn(CCC#N)nc1-c1ccccc1. The number of carbonyl (C=O) groups is 1. The van der Waals surface area contributed by atoms with Gasteiger partial charge in [-0.2, -0.15) is 15.5 Å². The summed E-state index contributed by atoms with van der Waals surface area (Å²) >= 11 is 0. The fourth-order valence-electron chi connectivity index (χ4n) is 3.23. The van der Waals surface area contributed by atoms with Gasteiger partial charge in [0.05, 0.1) is 30.9 Å². The van der Waals surface area contributed by atoms with Crippen LogP contribution in [0, 0.1) is 18.3 Å². The van der Waals surface area contributed by atoms with Gasteiger partial charge in [0.2, 0.25) is 0 Å². The number of aryl methyl sites for hydroxylation is 2. The van der Waals surface area contributed by atoms with Crippen LogP contribution in [0.3, 0.4) is 0 Å². The zero-order valence-electron chi connectivity index (χ0n) is 16.4. The van der Waals surface area contributed by atoms with Crippen LogP contribution in [0.4, 0.5) is 0 Å². The van der Waals surface area contributed by atoms with Crippen molar-refractivity contribution in [2.75, 3.05) is 0 Å². The van der Waals surface area contributed by atoms with Crippen LogP contribution in [0.1, 0.15) is 28.2 Å². The molecule has 0 radical (unpaired) electrons. The summed E-state index contributed by atoms with van der Waals surface area (Å²) in [5, 5.41) is 17.5. The lowest BCUT2D eigenvalue weighted by molar-refractivity contribution is 0.0948. The maximum atomic E-state index is 12.7. The molecule has 0 aliphatic rings. The third-order valence-corrected chi connectivity index (χ3v) is 4.58. The van der Waals surface area contributed by atoms with E-state index in [4.69, 9.17) is 5.26 Å². The van der Waals surface area contributed by atoms with Gasteiger partial charge in [0.1, 0.15) is 17.0 Å². The van der Waals surface area contributed by atoms with Crippen molar-refractivity contribution in [1.82, 2.24) is 24.6 Å². The number of benzene rings is 1. The average molecular weight is 397 g/mol. The molecule has 4 aromatic rings. The maximum absolute atomic E-state index is 12.7. The number of nitrogens with zero attached hydrogens (tertiary/aromatic N) is 6. The molecule has 0 atom stereocenters. The van der Waals surface area contributed by atoms with E-state index < -0.39 is 0 Å². The number of pyridine rings is 1. The Morgan fingerprint density at radius 3 is 2.83 bits per heavy atom. The zero-order chi connectivity index (χ0) is 20.9. The molecule has 4 rings (SSSR count). The number of aromatic nitrogens is 4. The molecule has 8 heteroatoms. The van der Waals surface area contributed by atoms with Gasteiger partial charge in [-0.05, 0) is 19.1 Å². The van der Waals surface area contributed by atoms with Crippen LogP contribution >= 0.6 is 0 Å². The van der Waals surface area contributed by atoms with Gasteiger partial charge in [0.25, 0.3) is 5.91 Å². The summed E-state index contributed by atoms with van der Waals surface area (Å²) < 4.78 is 3.44. The Bertz CT molecular complexity index is 1260. The minimum Gasteiger partial charge on any atom is -0.295 e. The van der Waals surface area contributed by atoms with E-state index in [0.717, 1.165) is 16.8 Å². The minimum absolute atomic E-state index is 0.347. The van der Waals surface area contributed by atoms with Crippen molar-refractivity contribution in [2.24, 2.45) is 5.10 Å². The molecule has 0 aliphatic carbocycles. The molecule has 8 nitrogen and oxygen atoms in total. The molecule has 3 aromatic heterocycles. The summed E-state index contributed by atoms with van der Waals surface area (Å²) in [6, 6.07) is 17.4. The predicted octanol–water partition coefficient (Wildman–Crippen LogP) is 3.18. The number of hydrogen-bond donors (Lipinski definition) is 1. The van der Waals surface area contributed by atoms with Crippen LogP contribution in [0.25, 0.3) is 16.9 Å². The lowest BCUT2D eigenvalue weighted by Gasteiger charge is -2.01. The summed E-state index contributed by atoms with van der Waals surface area (Å²) in [7, 11) is 0. The van der Waals surface area contributed by atoms with Gasteiger partial charge >= 0.3 is 0 Å². The maximum Gasteiger partial charge on any atom is 0.290 e. The highest BCUT2D eigenvalue weighted by Crippen LogP contribution is 2.20. The van der Waals surface area contributed by atoms with Crippen LogP contribution in [-0.4, -0.2) is 31.3 Å². The summed E-state index contributed by atoms with van der Waals surface area (Å²) in [6.45, 7) is 2.27. The Morgan fingerprint density at radius 1 is 1.23 bits per heavy atom. The number of hydrazone groups is 1. The second-order valence-electron chi connectivity index (χ2n) is 6.64. The molecule has 148 valence electrons. The van der Waals surface area contributed by atoms with Gasteiger partial charge in [-0.1, -0.05) is 36.4 Å². The molecule has 0 saturated carbocycles. The van der Waals surface area contributed by atoms with Crippen molar-refractivity contribution in [3.05, 3.63) is 77.9 Å². The van der Waals surface area contributed by atoms with E-state index in [9.17, 15) is 4.79 Å². The van der Waals surface area contributed by atoms with Crippen molar-refractivity contribution in [3.8, 4) is 17.3 Å². The molecule has 0 bridgehead atoms. The number of amides is 1. The highest BCUT2D eigenvalue weighted by atomic mass is 16.2. The van der Waals surface area contributed by atoms with Gasteiger partial charge in [0.15, 0.2) is 0 Å². The molecule has 0 aliphatic heterocycles. The van der Waals surface area contributed by atoms with E-state index in [1.54, 1.807) is 28.4 Å². The molecular weight excluding hydrogens is 378 g/mol. The standard InChI is InChI=1S/C22H19N7O/c1-16-21(29-13-6-5-10-19(29)25-16)22(30)26-24-14-18-15-28(12-7-11-23)27-20(18)17-8-3-2-4-9-17/h2-6,8-10,13-15H,7,12H2,1H3,(H,26,30)/b24-14-. The second kappa shape index (κ2) is 8.41. The summed E-state index contributed by atoms with van der Waals surface area (Å²) in [5.74, 6) is -0.347. The van der Waals surface area contributed by atoms with Gasteiger partial charge < -0.3 is 0 Å². The summed E-state index contributed by atoms with van der Waals surface area (Å²) in [5.41, 5.74) is 6.76. The lowest BCUT2D eigenvalue weighted by atomic mass is 10.1. The summed E-state index contributed by atoms with van der Waals surface area (Å²) in [4.78, 5) is 17.1. The van der Waals surface area contributed by atoms with Gasteiger partial charge in [-0.15, -0.1) is 0 Å². The van der Waals surface area contributed by atoms with Crippen molar-refractivity contribution in [1.29, 1.82) is 5.26 Å². The minimum atomic E-state index is -0.347. The van der Waals surface area contributed by atoms with Crippen molar-refractivity contribution < 1.29 is 4.79 Å². The lowest BCUT2D eigenvalue weighted by Crippen LogP contribution is -2.20. The summed E-state index contributed by atoms with van der Waals surface area (Å²) in [6.07, 6.45) is 5.53. The zero-order valence-corrected chi connectivity index (χ0v) is 16.4. The van der Waals surface area contributed by atoms with Crippen LogP contribution in [0.5, 0.6) is 0 Å². The van der Waals surface area contributed by atoms with E-state index in [2.05, 4.69) is 26.7 Å². The third-order valence-electron chi connectivity index (χ3n) is 4.58. The number of nitrogens with one attached hydrogen (secondary N) is 1. The smallest absolute Gasteiger partial charge is 0.290 e. The topological polar surface area (TPSA) is 100 Å². The fourth-order valence-corrected chi connectivity index (χ4v) is 3.23. The monoisotopic (exact) mass is 397 g/mol. The Balaban J connectivity index is 1.59. The first-order valence-electron chi connectivity index (χ1n) is 9.44. The molecule has 1 amide bonds. The molecule has 0 unspecified atom stereocenters.